The number of nitrogens with one attached hydrogen (secondary N) is 4. The number of thiazole rings is 2. The third-order valence-electron chi connectivity index (χ3n) is 13.0. The van der Waals surface area contributed by atoms with Gasteiger partial charge in [0.25, 0.3) is 0 Å². The minimum atomic E-state index is -0.826. The fourth-order valence-electron chi connectivity index (χ4n) is 8.49. The number of aliphatic hydroxyl groups excluding tert-OH is 1. The molecule has 0 saturated carbocycles. The smallest absolute Gasteiger partial charge is 0.246 e. The Hall–Kier alpha value is -5.52. The molecule has 5 N–H and O–H groups in total. The lowest BCUT2D eigenvalue weighted by atomic mass is 9.84. The summed E-state index contributed by atoms with van der Waals surface area (Å²) in [7, 11) is 0. The van der Waals surface area contributed by atoms with Crippen LogP contribution in [0.1, 0.15) is 133 Å². The first-order valence-electron chi connectivity index (χ1n) is 24.8. The molecule has 2 aliphatic heterocycles. The third kappa shape index (κ3) is 15.7. The van der Waals surface area contributed by atoms with E-state index in [1.165, 1.54) is 4.90 Å². The standard InChI is InChI=1S/C28H40N4O3S.C27H38N4O4S.CH4/c1-17-13-21(32(15-17)25(34)23(27(3,4)5)31-26(35)28(6,7)8)24(33)29-14-19-9-11-20(12-10-19)22-18(2)30-16-36-22;1-16-21(36-15-29-16)18-10-8-17(9-11-18)13-28-23(33)20-12-19(32)14-31(20)24(34)22(26(2,3)4)30-25(35)27(5,6)7;/h9-12,16-17,21,23H,13-15H2,1-8H3,(H,29,33)(H,31,35);8-11,15,19-20,22,32H,12-14H2,1-7H3,(H,28,33)(H,30,35);1H4/t17-,21+,23-;19-,20+,22-;/m10./s1. The van der Waals surface area contributed by atoms with E-state index in [2.05, 4.69) is 31.2 Å². The molecule has 0 unspecified atom stereocenters. The number of aryl methyl sites for hydroxylation is 2. The lowest BCUT2D eigenvalue weighted by Gasteiger charge is -2.36. The molecule has 2 aliphatic rings. The first-order chi connectivity index (χ1) is 33.4. The molecule has 6 atom stereocenters. The van der Waals surface area contributed by atoms with Gasteiger partial charge >= 0.3 is 0 Å². The summed E-state index contributed by atoms with van der Waals surface area (Å²) < 4.78 is 0. The lowest BCUT2D eigenvalue weighted by molar-refractivity contribution is -0.145. The van der Waals surface area contributed by atoms with Gasteiger partial charge in [-0.15, -0.1) is 22.7 Å². The number of benzene rings is 2. The number of aromatic nitrogens is 2. The molecule has 0 spiro atoms. The summed E-state index contributed by atoms with van der Waals surface area (Å²) >= 11 is 3.20. The minimum absolute atomic E-state index is 0. The van der Waals surface area contributed by atoms with E-state index in [9.17, 15) is 33.9 Å². The fraction of sp³-hybridized carbons (Fsp3) is 0.571. The molecule has 0 aliphatic carbocycles. The quantitative estimate of drug-likeness (QED) is 0.0923. The fourth-order valence-corrected chi connectivity index (χ4v) is 10.1. The van der Waals surface area contributed by atoms with Crippen molar-refractivity contribution in [3.63, 3.8) is 0 Å². The number of hydrogen-bond acceptors (Lipinski definition) is 11. The number of nitrogens with zero attached hydrogens (tertiary/aromatic N) is 4. The molecule has 6 amide bonds. The van der Waals surface area contributed by atoms with Crippen LogP contribution in [0, 0.1) is 41.4 Å². The Morgan fingerprint density at radius 1 is 0.603 bits per heavy atom. The van der Waals surface area contributed by atoms with E-state index in [0.717, 1.165) is 43.4 Å². The summed E-state index contributed by atoms with van der Waals surface area (Å²) in [5, 5.41) is 22.1. The third-order valence-corrected chi connectivity index (χ3v) is 14.9. The average Bonchev–Trinajstić information content (AvgIpc) is 4.11. The van der Waals surface area contributed by atoms with Gasteiger partial charge in [-0.2, -0.15) is 0 Å². The van der Waals surface area contributed by atoms with Gasteiger partial charge in [0, 0.05) is 43.4 Å². The van der Waals surface area contributed by atoms with Crippen molar-refractivity contribution in [3.05, 3.63) is 82.1 Å². The van der Waals surface area contributed by atoms with E-state index >= 15 is 0 Å². The number of carbonyl (C=O) groups is 6. The first kappa shape index (κ1) is 60.0. The molecule has 2 saturated heterocycles. The summed E-state index contributed by atoms with van der Waals surface area (Å²) in [6.07, 6.45) is -0.0400. The summed E-state index contributed by atoms with van der Waals surface area (Å²) in [6.45, 7) is 29.5. The van der Waals surface area contributed by atoms with Crippen LogP contribution in [0.5, 0.6) is 0 Å². The highest BCUT2D eigenvalue weighted by molar-refractivity contribution is 7.13. The molecular formula is C56H82N8O7S2. The van der Waals surface area contributed by atoms with Crippen molar-refractivity contribution >= 4 is 58.1 Å². The Morgan fingerprint density at radius 3 is 1.29 bits per heavy atom. The predicted molar refractivity (Wildman–Crippen MR) is 292 cm³/mol. The Balaban J connectivity index is 0.000000312. The molecular weight excluding hydrogens is 961 g/mol. The Kier molecular flexibility index (Phi) is 19.9. The van der Waals surface area contributed by atoms with Gasteiger partial charge in [0.15, 0.2) is 0 Å². The van der Waals surface area contributed by atoms with Crippen molar-refractivity contribution in [1.29, 1.82) is 0 Å². The Morgan fingerprint density at radius 2 is 0.959 bits per heavy atom. The first-order valence-corrected chi connectivity index (χ1v) is 26.6. The van der Waals surface area contributed by atoms with Crippen LogP contribution in [-0.2, 0) is 41.9 Å². The molecule has 2 aromatic heterocycles. The van der Waals surface area contributed by atoms with Gasteiger partial charge in [0.2, 0.25) is 35.4 Å². The highest BCUT2D eigenvalue weighted by Gasteiger charge is 2.46. The van der Waals surface area contributed by atoms with Crippen LogP contribution in [0.4, 0.5) is 0 Å². The van der Waals surface area contributed by atoms with E-state index in [-0.39, 0.29) is 61.8 Å². The summed E-state index contributed by atoms with van der Waals surface area (Å²) in [4.78, 5) is 93.0. The highest BCUT2D eigenvalue weighted by atomic mass is 32.1. The van der Waals surface area contributed by atoms with Crippen LogP contribution in [0.25, 0.3) is 20.9 Å². The lowest BCUT2D eigenvalue weighted by Crippen LogP contribution is -2.59. The summed E-state index contributed by atoms with van der Waals surface area (Å²) in [5.74, 6) is -1.27. The highest BCUT2D eigenvalue weighted by Crippen LogP contribution is 2.32. The zero-order valence-corrected chi connectivity index (χ0v) is 46.6. The van der Waals surface area contributed by atoms with Crippen molar-refractivity contribution in [2.75, 3.05) is 13.1 Å². The molecule has 2 aromatic carbocycles. The maximum Gasteiger partial charge on any atom is 0.246 e. The Bertz CT molecular complexity index is 2370. The molecule has 400 valence electrons. The monoisotopic (exact) mass is 1040 g/mol. The zero-order chi connectivity index (χ0) is 53.7. The predicted octanol–water partition coefficient (Wildman–Crippen LogP) is 8.46. The molecule has 17 heteroatoms. The van der Waals surface area contributed by atoms with E-state index in [1.807, 2.05) is 143 Å². The number of rotatable bonds is 12. The van der Waals surface area contributed by atoms with Crippen molar-refractivity contribution in [3.8, 4) is 20.9 Å². The van der Waals surface area contributed by atoms with Crippen LogP contribution >= 0.6 is 22.7 Å². The molecule has 4 aromatic rings. The van der Waals surface area contributed by atoms with Crippen LogP contribution in [-0.4, -0.2) is 104 Å². The van der Waals surface area contributed by atoms with Gasteiger partial charge in [-0.1, -0.05) is 146 Å². The van der Waals surface area contributed by atoms with Crippen LogP contribution in [0.2, 0.25) is 0 Å². The van der Waals surface area contributed by atoms with E-state index in [4.69, 9.17) is 0 Å². The maximum atomic E-state index is 13.7. The van der Waals surface area contributed by atoms with Gasteiger partial charge in [0.1, 0.15) is 24.2 Å². The van der Waals surface area contributed by atoms with Crippen LogP contribution in [0.3, 0.4) is 0 Å². The molecule has 4 heterocycles. The zero-order valence-electron chi connectivity index (χ0n) is 45.0. The number of hydrogen-bond donors (Lipinski definition) is 5. The Labute approximate surface area is 442 Å². The average molecular weight is 1040 g/mol. The second-order valence-electron chi connectivity index (χ2n) is 23.7. The second kappa shape index (κ2) is 24.2. The van der Waals surface area contributed by atoms with Gasteiger partial charge in [0.05, 0.1) is 38.3 Å². The molecule has 0 bridgehead atoms. The second-order valence-corrected chi connectivity index (χ2v) is 25.4. The number of amides is 6. The van der Waals surface area contributed by atoms with Gasteiger partial charge in [-0.25, -0.2) is 9.97 Å². The van der Waals surface area contributed by atoms with Crippen molar-refractivity contribution in [2.45, 2.75) is 167 Å². The number of carbonyl (C=O) groups excluding carboxylic acids is 6. The number of aliphatic hydroxyl groups is 1. The number of β-amino-alcohol motifs (C(OH)–C–C–N with tert-alkyl or cyclic N) is 1. The molecule has 15 nitrogen and oxygen atoms in total. The molecule has 2 fully saturated rings. The van der Waals surface area contributed by atoms with E-state index in [1.54, 1.807) is 48.3 Å². The SMILES string of the molecule is C.Cc1ncsc1-c1ccc(CNC(=O)[C@@H]2C[C@@H](C)CN2C(=O)[C@@H](NC(=O)C(C)(C)C)C(C)(C)C)cc1.Cc1ncsc1-c1ccc(CNC(=O)[C@H]2C[C@H](O)CN2C(=O)[C@H](NC(=O)C(C)(C)C)C(C)(C)C)cc1. The van der Waals surface area contributed by atoms with Gasteiger partial charge in [-0.05, 0) is 59.3 Å². The van der Waals surface area contributed by atoms with Crippen molar-refractivity contribution in [1.82, 2.24) is 41.0 Å². The summed E-state index contributed by atoms with van der Waals surface area (Å²) in [6, 6.07) is 13.1. The normalized spacial score (nSPS) is 18.9. The summed E-state index contributed by atoms with van der Waals surface area (Å²) in [5.41, 5.74) is 7.39. The van der Waals surface area contributed by atoms with E-state index in [0.29, 0.717) is 26.1 Å². The van der Waals surface area contributed by atoms with Crippen LogP contribution in [0.15, 0.2) is 59.6 Å². The molecule has 73 heavy (non-hydrogen) atoms. The van der Waals surface area contributed by atoms with Crippen molar-refractivity contribution < 1.29 is 33.9 Å². The van der Waals surface area contributed by atoms with Crippen molar-refractivity contribution in [2.24, 2.45) is 27.6 Å². The topological polar surface area (TPSA) is 203 Å². The van der Waals surface area contributed by atoms with Gasteiger partial charge < -0.3 is 36.2 Å². The largest absolute Gasteiger partial charge is 0.391 e. The maximum absolute atomic E-state index is 13.7. The van der Waals surface area contributed by atoms with E-state index < -0.39 is 51.9 Å². The molecule has 6 rings (SSSR count). The van der Waals surface area contributed by atoms with Gasteiger partial charge in [-0.3, -0.25) is 28.8 Å². The van der Waals surface area contributed by atoms with Crippen LogP contribution < -0.4 is 21.3 Å². The molecule has 0 radical (unpaired) electrons. The minimum Gasteiger partial charge on any atom is -0.391 e. The number of likely N-dealkylation sites (tertiary alicyclic amines) is 2.